The lowest BCUT2D eigenvalue weighted by Crippen LogP contribution is -2.18. The van der Waals surface area contributed by atoms with Gasteiger partial charge >= 0.3 is 0 Å². The molecule has 4 rings (SSSR count). The van der Waals surface area contributed by atoms with Gasteiger partial charge in [-0.25, -0.2) is 0 Å². The van der Waals surface area contributed by atoms with Crippen LogP contribution in [0.4, 0.5) is 5.69 Å². The Morgan fingerprint density at radius 1 is 1.16 bits per heavy atom. The molecule has 1 fully saturated rings. The summed E-state index contributed by atoms with van der Waals surface area (Å²) in [4.78, 5) is 26.6. The molecule has 1 aliphatic carbocycles. The van der Waals surface area contributed by atoms with Crippen LogP contribution in [0.25, 0.3) is 11.0 Å². The number of rotatable bonds is 6. The number of para-hydroxylation sites is 1. The second-order valence-electron chi connectivity index (χ2n) is 9.04. The molecule has 0 aliphatic heterocycles. The summed E-state index contributed by atoms with van der Waals surface area (Å²) in [7, 11) is 1.51. The van der Waals surface area contributed by atoms with E-state index in [4.69, 9.17) is 20.8 Å². The summed E-state index contributed by atoms with van der Waals surface area (Å²) in [5.74, 6) is 0.0538. The number of halogens is 1. The molecule has 1 aliphatic rings. The first-order valence-electron chi connectivity index (χ1n) is 10.5. The molecule has 2 atom stereocenters. The number of benzene rings is 2. The number of hydrogen-bond donors (Lipinski definition) is 1. The van der Waals surface area contributed by atoms with E-state index in [1.165, 1.54) is 18.7 Å². The van der Waals surface area contributed by atoms with Crippen molar-refractivity contribution in [2.75, 3.05) is 12.4 Å². The molecule has 2 aromatic carbocycles. The Labute approximate surface area is 192 Å². The zero-order chi connectivity index (χ0) is 23.2. The van der Waals surface area contributed by atoms with Crippen LogP contribution in [0.2, 0.25) is 5.02 Å². The topological polar surface area (TPSA) is 68.5 Å². The van der Waals surface area contributed by atoms with Gasteiger partial charge < -0.3 is 14.5 Å². The number of carbonyl (C=O) groups excluding carboxylic acids is 2. The summed E-state index contributed by atoms with van der Waals surface area (Å²) in [6.45, 7) is 8.23. The second-order valence-corrected chi connectivity index (χ2v) is 9.45. The Balaban J connectivity index is 1.71. The molecule has 0 radical (unpaired) electrons. The Morgan fingerprint density at radius 2 is 1.88 bits per heavy atom. The van der Waals surface area contributed by atoms with Gasteiger partial charge in [-0.15, -0.1) is 0 Å². The number of carbonyl (C=O) groups is 2. The molecule has 0 unspecified atom stereocenters. The number of furan rings is 1. The summed E-state index contributed by atoms with van der Waals surface area (Å²) in [6, 6.07) is 12.1. The number of methoxy groups -OCH3 is 1. The summed E-state index contributed by atoms with van der Waals surface area (Å²) < 4.78 is 11.1. The molecule has 1 heterocycles. The van der Waals surface area contributed by atoms with Crippen molar-refractivity contribution in [1.29, 1.82) is 0 Å². The maximum atomic E-state index is 13.3. The standard InChI is InChI=1S/C26H26ClNO4/c1-14(2)12-17-21(26(17,3)4)25(30)28-22-16-8-6-7-9-19(16)32-24(22)23(29)15-10-11-20(31-5)18(27)13-15/h6-13,17,21H,1-5H3,(H,28,30)/t17-,21-/m0/s1. The third-order valence-electron chi connectivity index (χ3n) is 6.17. The first kappa shape index (κ1) is 22.2. The van der Waals surface area contributed by atoms with Crippen molar-refractivity contribution >= 4 is 39.9 Å². The van der Waals surface area contributed by atoms with Gasteiger partial charge in [0.05, 0.1) is 23.7 Å². The molecule has 1 N–H and O–H groups in total. The third kappa shape index (κ3) is 3.82. The minimum Gasteiger partial charge on any atom is -0.495 e. The summed E-state index contributed by atoms with van der Waals surface area (Å²) in [6.07, 6.45) is 2.14. The van der Waals surface area contributed by atoms with Crippen molar-refractivity contribution < 1.29 is 18.7 Å². The van der Waals surface area contributed by atoms with Crippen LogP contribution in [0.3, 0.4) is 0 Å². The summed E-state index contributed by atoms with van der Waals surface area (Å²) in [5.41, 5.74) is 2.30. The van der Waals surface area contributed by atoms with Gasteiger partial charge in [-0.1, -0.05) is 49.2 Å². The smallest absolute Gasteiger partial charge is 0.230 e. The normalized spacial score (nSPS) is 18.8. The van der Waals surface area contributed by atoms with Crippen molar-refractivity contribution in [3.8, 4) is 5.75 Å². The van der Waals surface area contributed by atoms with E-state index in [1.807, 2.05) is 32.0 Å². The summed E-state index contributed by atoms with van der Waals surface area (Å²) >= 11 is 6.22. The Morgan fingerprint density at radius 3 is 2.53 bits per heavy atom. The van der Waals surface area contributed by atoms with Gasteiger partial charge in [0, 0.05) is 10.9 Å². The SMILES string of the molecule is COc1ccc(C(=O)c2oc3ccccc3c2NC(=O)[C@@H]2[C@H](C=C(C)C)C2(C)C)cc1Cl. The van der Waals surface area contributed by atoms with Crippen molar-refractivity contribution in [2.45, 2.75) is 27.7 Å². The average molecular weight is 452 g/mol. The van der Waals surface area contributed by atoms with Crippen LogP contribution in [0.15, 0.2) is 58.5 Å². The number of hydrogen-bond acceptors (Lipinski definition) is 4. The van der Waals surface area contributed by atoms with Crippen molar-refractivity contribution in [1.82, 2.24) is 0 Å². The highest BCUT2D eigenvalue weighted by molar-refractivity contribution is 6.32. The van der Waals surface area contributed by atoms with E-state index in [9.17, 15) is 9.59 Å². The van der Waals surface area contributed by atoms with Gasteiger partial charge in [0.25, 0.3) is 0 Å². The van der Waals surface area contributed by atoms with Crippen LogP contribution in [-0.2, 0) is 4.79 Å². The number of nitrogens with one attached hydrogen (secondary N) is 1. The summed E-state index contributed by atoms with van der Waals surface area (Å²) in [5, 5.41) is 4.01. The van der Waals surface area contributed by atoms with Crippen LogP contribution < -0.4 is 10.1 Å². The minimum absolute atomic E-state index is 0.0815. The van der Waals surface area contributed by atoms with E-state index >= 15 is 0 Å². The number of fused-ring (bicyclic) bond motifs is 1. The zero-order valence-corrected chi connectivity index (χ0v) is 19.5. The van der Waals surface area contributed by atoms with Crippen molar-refractivity contribution in [2.24, 2.45) is 17.3 Å². The van der Waals surface area contributed by atoms with Crippen LogP contribution in [-0.4, -0.2) is 18.8 Å². The van der Waals surface area contributed by atoms with Gasteiger partial charge in [0.1, 0.15) is 11.3 Å². The van der Waals surface area contributed by atoms with Crippen LogP contribution in [0.1, 0.15) is 43.8 Å². The fourth-order valence-corrected chi connectivity index (χ4v) is 4.58. The number of amides is 1. The average Bonchev–Trinajstić information content (AvgIpc) is 3.10. The lowest BCUT2D eigenvalue weighted by atomic mass is 10.1. The fourth-order valence-electron chi connectivity index (χ4n) is 4.32. The number of anilines is 1. The molecule has 5 nitrogen and oxygen atoms in total. The van der Waals surface area contributed by atoms with E-state index in [0.29, 0.717) is 33.0 Å². The van der Waals surface area contributed by atoms with E-state index in [-0.39, 0.29) is 34.7 Å². The van der Waals surface area contributed by atoms with Crippen LogP contribution >= 0.6 is 11.6 Å². The lowest BCUT2D eigenvalue weighted by Gasteiger charge is -2.08. The quantitative estimate of drug-likeness (QED) is 0.343. The molecule has 166 valence electrons. The molecule has 0 saturated heterocycles. The first-order valence-corrected chi connectivity index (χ1v) is 10.9. The van der Waals surface area contributed by atoms with E-state index in [2.05, 4.69) is 25.2 Å². The third-order valence-corrected chi connectivity index (χ3v) is 6.47. The second kappa shape index (κ2) is 8.14. The molecular formula is C26H26ClNO4. The maximum absolute atomic E-state index is 13.3. The van der Waals surface area contributed by atoms with Crippen molar-refractivity contribution in [3.05, 3.63) is 70.5 Å². The number of ketones is 1. The van der Waals surface area contributed by atoms with Gasteiger partial charge in [0.15, 0.2) is 5.76 Å². The monoisotopic (exact) mass is 451 g/mol. The van der Waals surface area contributed by atoms with Crippen LogP contribution in [0, 0.1) is 17.3 Å². The predicted octanol–water partition coefficient (Wildman–Crippen LogP) is 6.50. The molecule has 1 amide bonds. The predicted molar refractivity (Wildman–Crippen MR) is 126 cm³/mol. The lowest BCUT2D eigenvalue weighted by molar-refractivity contribution is -0.118. The zero-order valence-electron chi connectivity index (χ0n) is 18.8. The van der Waals surface area contributed by atoms with E-state index in [0.717, 1.165) is 0 Å². The van der Waals surface area contributed by atoms with E-state index in [1.54, 1.807) is 18.2 Å². The van der Waals surface area contributed by atoms with Gasteiger partial charge in [-0.3, -0.25) is 9.59 Å². The Bertz CT molecular complexity index is 1250. The van der Waals surface area contributed by atoms with Gasteiger partial charge in [0.2, 0.25) is 11.7 Å². The molecule has 0 spiro atoms. The molecule has 32 heavy (non-hydrogen) atoms. The number of ether oxygens (including phenoxy) is 1. The molecule has 1 aromatic heterocycles. The Hall–Kier alpha value is -3.05. The molecular weight excluding hydrogens is 426 g/mol. The largest absolute Gasteiger partial charge is 0.495 e. The molecule has 3 aromatic rings. The highest BCUT2D eigenvalue weighted by Crippen LogP contribution is 2.59. The Kier molecular flexibility index (Phi) is 5.63. The van der Waals surface area contributed by atoms with Gasteiger partial charge in [-0.2, -0.15) is 0 Å². The molecule has 0 bridgehead atoms. The van der Waals surface area contributed by atoms with Crippen LogP contribution in [0.5, 0.6) is 5.75 Å². The highest BCUT2D eigenvalue weighted by Gasteiger charge is 2.60. The minimum atomic E-state index is -0.364. The van der Waals surface area contributed by atoms with Gasteiger partial charge in [-0.05, 0) is 55.5 Å². The molecule has 6 heteroatoms. The van der Waals surface area contributed by atoms with E-state index < -0.39 is 0 Å². The highest BCUT2D eigenvalue weighted by atomic mass is 35.5. The number of allylic oxidation sites excluding steroid dienone is 2. The maximum Gasteiger partial charge on any atom is 0.230 e. The first-order chi connectivity index (χ1) is 15.1. The molecule has 1 saturated carbocycles. The van der Waals surface area contributed by atoms with Crippen molar-refractivity contribution in [3.63, 3.8) is 0 Å². The fraction of sp³-hybridized carbons (Fsp3) is 0.308.